The van der Waals surface area contributed by atoms with Crippen molar-refractivity contribution in [2.75, 3.05) is 6.61 Å². The van der Waals surface area contributed by atoms with Crippen LogP contribution in [0.4, 0.5) is 0 Å². The molecule has 2 nitrogen and oxygen atoms in total. The van der Waals surface area contributed by atoms with Gasteiger partial charge >= 0.3 is 0 Å². The summed E-state index contributed by atoms with van der Waals surface area (Å²) in [5.74, 6) is 0. The van der Waals surface area contributed by atoms with Crippen LogP contribution in [0, 0.1) is 0 Å². The first-order valence-corrected chi connectivity index (χ1v) is 7.75. The lowest BCUT2D eigenvalue weighted by atomic mass is 10.1. The molecule has 4 heteroatoms. The lowest BCUT2D eigenvalue weighted by Gasteiger charge is -2.11. The summed E-state index contributed by atoms with van der Waals surface area (Å²) in [6, 6.07) is 13.9. The Morgan fingerprint density at radius 2 is 1.62 bits per heavy atom. The van der Waals surface area contributed by atoms with Gasteiger partial charge in [0.05, 0.1) is 6.61 Å². The molecule has 0 aromatic heterocycles. The van der Waals surface area contributed by atoms with Gasteiger partial charge in [0.1, 0.15) is 0 Å². The predicted molar refractivity (Wildman–Crippen MR) is 88.8 cm³/mol. The zero-order valence-electron chi connectivity index (χ0n) is 12.0. The Labute approximate surface area is 136 Å². The maximum Gasteiger partial charge on any atom is 0.0719 e. The molecule has 0 aliphatic carbocycles. The Hall–Kier alpha value is -1.06. The molecule has 0 amide bonds. The maximum absolute atomic E-state index is 6.00. The number of halogens is 2. The second-order valence-corrected chi connectivity index (χ2v) is 5.66. The van der Waals surface area contributed by atoms with Crippen LogP contribution in [0.3, 0.4) is 0 Å². The third-order valence-electron chi connectivity index (χ3n) is 3.15. The van der Waals surface area contributed by atoms with E-state index in [0.717, 1.165) is 25.3 Å². The van der Waals surface area contributed by atoms with Crippen molar-refractivity contribution in [2.24, 2.45) is 0 Å². The highest BCUT2D eigenvalue weighted by Gasteiger charge is 2.02. The topological polar surface area (TPSA) is 21.3 Å². The van der Waals surface area contributed by atoms with Crippen molar-refractivity contribution in [2.45, 2.75) is 26.6 Å². The molecule has 0 spiro atoms. The average Bonchev–Trinajstić information content (AvgIpc) is 2.45. The van der Waals surface area contributed by atoms with E-state index in [1.807, 2.05) is 31.2 Å². The highest BCUT2D eigenvalue weighted by molar-refractivity contribution is 6.34. The molecule has 0 atom stereocenters. The molecule has 0 saturated heterocycles. The van der Waals surface area contributed by atoms with Crippen LogP contribution in [0.5, 0.6) is 0 Å². The van der Waals surface area contributed by atoms with Gasteiger partial charge in [0.15, 0.2) is 0 Å². The summed E-state index contributed by atoms with van der Waals surface area (Å²) in [5, 5.41) is 4.74. The number of hydrogen-bond donors (Lipinski definition) is 1. The summed E-state index contributed by atoms with van der Waals surface area (Å²) in [6.45, 7) is 4.89. The van der Waals surface area contributed by atoms with E-state index in [2.05, 4.69) is 17.4 Å². The molecule has 1 N–H and O–H groups in total. The van der Waals surface area contributed by atoms with Gasteiger partial charge in [-0.1, -0.05) is 47.5 Å². The lowest BCUT2D eigenvalue weighted by molar-refractivity contribution is 0.133. The standard InChI is InChI=1S/C17H19Cl2NO/c1-2-21-12-15-6-4-3-5-14(15)11-20-10-13-7-16(18)9-17(19)8-13/h3-9,20H,2,10-12H2,1H3. The molecule has 0 unspecified atom stereocenters. The summed E-state index contributed by atoms with van der Waals surface area (Å²) in [6.07, 6.45) is 0. The lowest BCUT2D eigenvalue weighted by Crippen LogP contribution is -2.14. The van der Waals surface area contributed by atoms with Crippen molar-refractivity contribution >= 4 is 23.2 Å². The van der Waals surface area contributed by atoms with Crippen molar-refractivity contribution < 1.29 is 4.74 Å². The second-order valence-electron chi connectivity index (χ2n) is 4.79. The summed E-state index contributed by atoms with van der Waals surface area (Å²) in [4.78, 5) is 0. The molecule has 0 aliphatic heterocycles. The predicted octanol–water partition coefficient (Wildman–Crippen LogP) is 4.82. The van der Waals surface area contributed by atoms with E-state index >= 15 is 0 Å². The van der Waals surface area contributed by atoms with Crippen molar-refractivity contribution in [1.29, 1.82) is 0 Å². The second kappa shape index (κ2) is 8.40. The van der Waals surface area contributed by atoms with Crippen molar-refractivity contribution in [3.8, 4) is 0 Å². The zero-order chi connectivity index (χ0) is 15.1. The van der Waals surface area contributed by atoms with E-state index in [1.165, 1.54) is 11.1 Å². The molecule has 0 heterocycles. The van der Waals surface area contributed by atoms with Crippen LogP contribution >= 0.6 is 23.2 Å². The Balaban J connectivity index is 1.94. The molecular weight excluding hydrogens is 305 g/mol. The van der Waals surface area contributed by atoms with Crippen molar-refractivity contribution in [3.63, 3.8) is 0 Å². The van der Waals surface area contributed by atoms with E-state index in [1.54, 1.807) is 6.07 Å². The Bertz CT molecular complexity index is 567. The fourth-order valence-electron chi connectivity index (χ4n) is 2.14. The van der Waals surface area contributed by atoms with Gasteiger partial charge in [-0.3, -0.25) is 0 Å². The van der Waals surface area contributed by atoms with Crippen molar-refractivity contribution in [1.82, 2.24) is 5.32 Å². The SMILES string of the molecule is CCOCc1ccccc1CNCc1cc(Cl)cc(Cl)c1. The summed E-state index contributed by atoms with van der Waals surface area (Å²) < 4.78 is 5.49. The van der Waals surface area contributed by atoms with Crippen LogP contribution in [-0.4, -0.2) is 6.61 Å². The number of nitrogens with one attached hydrogen (secondary N) is 1. The van der Waals surface area contributed by atoms with Crippen LogP contribution in [0.15, 0.2) is 42.5 Å². The van der Waals surface area contributed by atoms with E-state index in [-0.39, 0.29) is 0 Å². The smallest absolute Gasteiger partial charge is 0.0719 e. The van der Waals surface area contributed by atoms with Crippen LogP contribution < -0.4 is 5.32 Å². The molecule has 0 bridgehead atoms. The van der Waals surface area contributed by atoms with Gasteiger partial charge in [0.25, 0.3) is 0 Å². The minimum atomic E-state index is 0.650. The van der Waals surface area contributed by atoms with E-state index in [4.69, 9.17) is 27.9 Å². The maximum atomic E-state index is 6.00. The monoisotopic (exact) mass is 323 g/mol. The van der Waals surface area contributed by atoms with Crippen LogP contribution in [0.1, 0.15) is 23.6 Å². The van der Waals surface area contributed by atoms with Gasteiger partial charge in [0.2, 0.25) is 0 Å². The van der Waals surface area contributed by atoms with Crippen molar-refractivity contribution in [3.05, 3.63) is 69.2 Å². The number of rotatable bonds is 7. The van der Waals surface area contributed by atoms with E-state index in [9.17, 15) is 0 Å². The van der Waals surface area contributed by atoms with Crippen LogP contribution in [0.2, 0.25) is 10.0 Å². The average molecular weight is 324 g/mol. The molecule has 2 aromatic rings. The third-order valence-corrected chi connectivity index (χ3v) is 3.58. The highest BCUT2D eigenvalue weighted by Crippen LogP contribution is 2.19. The first-order valence-electron chi connectivity index (χ1n) is 6.99. The van der Waals surface area contributed by atoms with E-state index < -0.39 is 0 Å². The van der Waals surface area contributed by atoms with Gasteiger partial charge in [-0.25, -0.2) is 0 Å². The minimum Gasteiger partial charge on any atom is -0.377 e. The Morgan fingerprint density at radius 1 is 0.952 bits per heavy atom. The molecule has 2 aromatic carbocycles. The molecule has 21 heavy (non-hydrogen) atoms. The first-order chi connectivity index (χ1) is 10.2. The molecule has 0 radical (unpaired) electrons. The van der Waals surface area contributed by atoms with E-state index in [0.29, 0.717) is 16.7 Å². The largest absolute Gasteiger partial charge is 0.377 e. The Kier molecular flexibility index (Phi) is 6.52. The fraction of sp³-hybridized carbons (Fsp3) is 0.294. The fourth-order valence-corrected chi connectivity index (χ4v) is 2.71. The normalized spacial score (nSPS) is 10.8. The van der Waals surface area contributed by atoms with Crippen LogP contribution in [0.25, 0.3) is 0 Å². The van der Waals surface area contributed by atoms with Crippen LogP contribution in [-0.2, 0) is 24.4 Å². The third kappa shape index (κ3) is 5.33. The van der Waals surface area contributed by atoms with Gasteiger partial charge in [-0.2, -0.15) is 0 Å². The quantitative estimate of drug-likeness (QED) is 0.788. The number of benzene rings is 2. The summed E-state index contributed by atoms with van der Waals surface area (Å²) in [7, 11) is 0. The molecule has 2 rings (SSSR count). The first kappa shape index (κ1) is 16.3. The molecule has 0 aliphatic rings. The zero-order valence-corrected chi connectivity index (χ0v) is 13.5. The molecule has 0 saturated carbocycles. The van der Waals surface area contributed by atoms with Gasteiger partial charge in [-0.05, 0) is 41.8 Å². The minimum absolute atomic E-state index is 0.650. The highest BCUT2D eigenvalue weighted by atomic mass is 35.5. The Morgan fingerprint density at radius 3 is 2.29 bits per heavy atom. The molecule has 0 fully saturated rings. The summed E-state index contributed by atoms with van der Waals surface area (Å²) in [5.41, 5.74) is 3.55. The van der Waals surface area contributed by atoms with Gasteiger partial charge in [-0.15, -0.1) is 0 Å². The number of ether oxygens (including phenoxy) is 1. The van der Waals surface area contributed by atoms with Gasteiger partial charge in [0, 0.05) is 29.7 Å². The number of hydrogen-bond acceptors (Lipinski definition) is 2. The molecule has 112 valence electrons. The van der Waals surface area contributed by atoms with Gasteiger partial charge < -0.3 is 10.1 Å². The molecular formula is C17H19Cl2NO. The summed E-state index contributed by atoms with van der Waals surface area (Å²) >= 11 is 12.0.